The zero-order chi connectivity index (χ0) is 8.10. The van der Waals surface area contributed by atoms with Gasteiger partial charge in [0.25, 0.3) is 0 Å². The van der Waals surface area contributed by atoms with Gasteiger partial charge in [0.1, 0.15) is 0 Å². The van der Waals surface area contributed by atoms with Crippen molar-refractivity contribution in [2.24, 2.45) is 0 Å². The summed E-state index contributed by atoms with van der Waals surface area (Å²) in [5.41, 5.74) is 8.82. The number of aromatic nitrogens is 1. The predicted octanol–water partition coefficient (Wildman–Crippen LogP) is 0.427. The van der Waals surface area contributed by atoms with Crippen molar-refractivity contribution in [3.8, 4) is 0 Å². The number of hydrogen-bond acceptors (Lipinski definition) is 1. The molecular formula is C7H7N3O. The SMILES string of the molecule is [N-]=[N+]=CC(=O)Cc1ccc[nH]1. The van der Waals surface area contributed by atoms with E-state index in [1.807, 2.05) is 0 Å². The maximum Gasteiger partial charge on any atom is 0.323 e. The summed E-state index contributed by atoms with van der Waals surface area (Å²) < 4.78 is 0. The van der Waals surface area contributed by atoms with Crippen LogP contribution in [0.1, 0.15) is 5.69 Å². The fraction of sp³-hybridized carbons (Fsp3) is 0.143. The lowest BCUT2D eigenvalue weighted by atomic mass is 10.2. The molecule has 0 aliphatic heterocycles. The number of nitrogens with zero attached hydrogens (tertiary/aromatic N) is 2. The molecule has 0 spiro atoms. The number of carbonyl (C=O) groups excluding carboxylic acids is 1. The van der Waals surface area contributed by atoms with Crippen LogP contribution in [0.25, 0.3) is 5.53 Å². The van der Waals surface area contributed by atoms with Crippen LogP contribution in [0.4, 0.5) is 0 Å². The Labute approximate surface area is 63.5 Å². The monoisotopic (exact) mass is 149 g/mol. The lowest BCUT2D eigenvalue weighted by Crippen LogP contribution is -2.04. The largest absolute Gasteiger partial charge is 0.365 e. The minimum atomic E-state index is -0.227. The summed E-state index contributed by atoms with van der Waals surface area (Å²) in [4.78, 5) is 16.3. The van der Waals surface area contributed by atoms with E-state index in [1.54, 1.807) is 18.3 Å². The molecule has 0 bridgehead atoms. The smallest absolute Gasteiger partial charge is 0.323 e. The Hall–Kier alpha value is -1.67. The lowest BCUT2D eigenvalue weighted by Gasteiger charge is -1.85. The standard InChI is InChI=1S/C7H7N3O/c8-10-5-7(11)4-6-2-1-3-9-6/h1-3,5,9H,4H2. The van der Waals surface area contributed by atoms with Gasteiger partial charge in [0, 0.05) is 11.9 Å². The highest BCUT2D eigenvalue weighted by molar-refractivity contribution is 6.25. The average Bonchev–Trinajstić information content (AvgIpc) is 2.40. The molecule has 0 aromatic carbocycles. The van der Waals surface area contributed by atoms with Crippen LogP contribution in [-0.2, 0) is 11.2 Å². The first-order chi connectivity index (χ1) is 5.33. The molecule has 1 heterocycles. The minimum absolute atomic E-state index is 0.227. The molecule has 1 rings (SSSR count). The highest BCUT2D eigenvalue weighted by atomic mass is 16.1. The fourth-order valence-corrected chi connectivity index (χ4v) is 0.775. The Balaban J connectivity index is 2.57. The molecule has 0 unspecified atom stereocenters. The van der Waals surface area contributed by atoms with E-state index in [-0.39, 0.29) is 12.2 Å². The van der Waals surface area contributed by atoms with Crippen molar-refractivity contribution in [3.05, 3.63) is 29.6 Å². The summed E-state index contributed by atoms with van der Waals surface area (Å²) in [5, 5.41) is 0. The van der Waals surface area contributed by atoms with E-state index in [1.165, 1.54) is 0 Å². The summed E-state index contributed by atoms with van der Waals surface area (Å²) >= 11 is 0. The van der Waals surface area contributed by atoms with Crippen LogP contribution in [0.3, 0.4) is 0 Å². The number of ketones is 1. The second kappa shape index (κ2) is 3.49. The van der Waals surface area contributed by atoms with Gasteiger partial charge in [-0.3, -0.25) is 4.79 Å². The first kappa shape index (κ1) is 7.44. The molecule has 4 nitrogen and oxygen atoms in total. The van der Waals surface area contributed by atoms with Gasteiger partial charge in [0.2, 0.25) is 5.78 Å². The van der Waals surface area contributed by atoms with Gasteiger partial charge in [-0.1, -0.05) is 0 Å². The number of nitrogens with one attached hydrogen (secondary N) is 1. The molecule has 0 saturated heterocycles. The van der Waals surface area contributed by atoms with E-state index in [9.17, 15) is 4.79 Å². The topological polar surface area (TPSA) is 69.3 Å². The van der Waals surface area contributed by atoms with Crippen LogP contribution in [0.2, 0.25) is 0 Å². The van der Waals surface area contributed by atoms with Crippen LogP contribution >= 0.6 is 0 Å². The van der Waals surface area contributed by atoms with Gasteiger partial charge in [0.15, 0.2) is 0 Å². The van der Waals surface area contributed by atoms with E-state index in [4.69, 9.17) is 5.53 Å². The zero-order valence-electron chi connectivity index (χ0n) is 5.82. The molecular weight excluding hydrogens is 142 g/mol. The first-order valence-corrected chi connectivity index (χ1v) is 3.15. The fourth-order valence-electron chi connectivity index (χ4n) is 0.775. The van der Waals surface area contributed by atoms with Crippen molar-refractivity contribution in [3.63, 3.8) is 0 Å². The van der Waals surface area contributed by atoms with Crippen molar-refractivity contribution >= 4 is 12.0 Å². The second-order valence-electron chi connectivity index (χ2n) is 2.08. The number of Topliss-reactive ketones (excluding diaryl/α,β-unsaturated/α-hetero) is 1. The average molecular weight is 149 g/mol. The number of carbonyl (C=O) groups is 1. The molecule has 0 saturated carbocycles. The van der Waals surface area contributed by atoms with Gasteiger partial charge in [-0.25, -0.2) is 0 Å². The van der Waals surface area contributed by atoms with Gasteiger partial charge in [-0.15, -0.1) is 0 Å². The quantitative estimate of drug-likeness (QED) is 0.378. The van der Waals surface area contributed by atoms with E-state index >= 15 is 0 Å². The lowest BCUT2D eigenvalue weighted by molar-refractivity contribution is -0.115. The molecule has 4 heteroatoms. The summed E-state index contributed by atoms with van der Waals surface area (Å²) in [6.07, 6.45) is 2.87. The maximum absolute atomic E-state index is 10.8. The summed E-state index contributed by atoms with van der Waals surface area (Å²) in [6, 6.07) is 3.60. The molecule has 0 amide bonds. The molecule has 1 N–H and O–H groups in total. The van der Waals surface area contributed by atoms with Gasteiger partial charge < -0.3 is 10.5 Å². The number of rotatable bonds is 3. The highest BCUT2D eigenvalue weighted by Gasteiger charge is 2.03. The Bertz CT molecular complexity index is 283. The molecule has 56 valence electrons. The van der Waals surface area contributed by atoms with Gasteiger partial charge in [0.05, 0.1) is 6.42 Å². The molecule has 0 aliphatic carbocycles. The third-order valence-corrected chi connectivity index (χ3v) is 1.23. The van der Waals surface area contributed by atoms with Crippen LogP contribution in [0, 0.1) is 0 Å². The van der Waals surface area contributed by atoms with Crippen molar-refractivity contribution in [1.82, 2.24) is 4.98 Å². The zero-order valence-corrected chi connectivity index (χ0v) is 5.82. The van der Waals surface area contributed by atoms with E-state index in [0.717, 1.165) is 11.9 Å². The van der Waals surface area contributed by atoms with Gasteiger partial charge in [-0.2, -0.15) is 4.79 Å². The normalized spacial score (nSPS) is 8.73. The summed E-state index contributed by atoms with van der Waals surface area (Å²) in [7, 11) is 0. The summed E-state index contributed by atoms with van der Waals surface area (Å²) in [5.74, 6) is -0.227. The third kappa shape index (κ3) is 2.20. The van der Waals surface area contributed by atoms with E-state index in [2.05, 4.69) is 9.77 Å². The number of hydrogen-bond donors (Lipinski definition) is 1. The Kier molecular flexibility index (Phi) is 2.36. The van der Waals surface area contributed by atoms with Crippen LogP contribution in [-0.4, -0.2) is 21.8 Å². The molecule has 0 fully saturated rings. The van der Waals surface area contributed by atoms with Crippen LogP contribution < -0.4 is 0 Å². The molecule has 0 aliphatic rings. The highest BCUT2D eigenvalue weighted by Crippen LogP contribution is 1.94. The molecule has 0 radical (unpaired) electrons. The van der Waals surface area contributed by atoms with Crippen molar-refractivity contribution in [1.29, 1.82) is 0 Å². The van der Waals surface area contributed by atoms with E-state index < -0.39 is 0 Å². The van der Waals surface area contributed by atoms with Crippen molar-refractivity contribution < 1.29 is 9.58 Å². The Morgan fingerprint density at radius 1 is 1.82 bits per heavy atom. The van der Waals surface area contributed by atoms with Crippen molar-refractivity contribution in [2.75, 3.05) is 0 Å². The molecule has 0 atom stereocenters. The first-order valence-electron chi connectivity index (χ1n) is 3.15. The second-order valence-corrected chi connectivity index (χ2v) is 2.08. The van der Waals surface area contributed by atoms with Gasteiger partial charge in [-0.05, 0) is 12.1 Å². The number of H-pyrrole nitrogens is 1. The minimum Gasteiger partial charge on any atom is -0.365 e. The molecule has 11 heavy (non-hydrogen) atoms. The Morgan fingerprint density at radius 3 is 3.18 bits per heavy atom. The molecule has 1 aromatic heterocycles. The van der Waals surface area contributed by atoms with E-state index in [0.29, 0.717) is 0 Å². The third-order valence-electron chi connectivity index (χ3n) is 1.23. The van der Waals surface area contributed by atoms with Crippen LogP contribution in [0.5, 0.6) is 0 Å². The number of aromatic amines is 1. The van der Waals surface area contributed by atoms with Gasteiger partial charge >= 0.3 is 6.21 Å². The summed E-state index contributed by atoms with van der Waals surface area (Å²) in [6.45, 7) is 0. The van der Waals surface area contributed by atoms with Crippen molar-refractivity contribution in [2.45, 2.75) is 6.42 Å². The Morgan fingerprint density at radius 2 is 2.64 bits per heavy atom. The van der Waals surface area contributed by atoms with Crippen LogP contribution in [0.15, 0.2) is 18.3 Å². The predicted molar refractivity (Wildman–Crippen MR) is 39.2 cm³/mol. The molecule has 1 aromatic rings. The maximum atomic E-state index is 10.8.